The van der Waals surface area contributed by atoms with E-state index in [9.17, 15) is 4.79 Å². The maximum atomic E-state index is 11.2. The zero-order valence-electron chi connectivity index (χ0n) is 9.43. The molecule has 0 aromatic carbocycles. The van der Waals surface area contributed by atoms with Crippen LogP contribution in [0.1, 0.15) is 18.6 Å². The van der Waals surface area contributed by atoms with Crippen LogP contribution in [0.4, 0.5) is 0 Å². The minimum atomic E-state index is -0.380. The molecule has 1 fully saturated rings. The summed E-state index contributed by atoms with van der Waals surface area (Å²) in [6.07, 6.45) is 3.08. The Kier molecular flexibility index (Phi) is 4.47. The highest BCUT2D eigenvalue weighted by Gasteiger charge is 2.29. The van der Waals surface area contributed by atoms with Crippen molar-refractivity contribution in [3.05, 3.63) is 24.2 Å². The summed E-state index contributed by atoms with van der Waals surface area (Å²) in [5.74, 6) is 7.50. The molecule has 2 heterocycles. The first kappa shape index (κ1) is 12.5. The molecule has 5 nitrogen and oxygen atoms in total. The fourth-order valence-corrected chi connectivity index (χ4v) is 2.79. The van der Waals surface area contributed by atoms with Crippen molar-refractivity contribution in [2.75, 3.05) is 5.75 Å². The van der Waals surface area contributed by atoms with E-state index in [1.807, 2.05) is 12.1 Å². The second-order valence-electron chi connectivity index (χ2n) is 3.93. The zero-order valence-corrected chi connectivity index (χ0v) is 10.2. The minimum Gasteiger partial charge on any atom is -0.468 e. The lowest BCUT2D eigenvalue weighted by Crippen LogP contribution is -2.39. The van der Waals surface area contributed by atoms with Crippen LogP contribution in [0.3, 0.4) is 0 Å². The summed E-state index contributed by atoms with van der Waals surface area (Å²) in [5, 5.41) is 0. The van der Waals surface area contributed by atoms with Gasteiger partial charge in [0.25, 0.3) is 5.91 Å². The van der Waals surface area contributed by atoms with Crippen molar-refractivity contribution in [1.29, 1.82) is 0 Å². The summed E-state index contributed by atoms with van der Waals surface area (Å²) >= 11 is 1.75. The summed E-state index contributed by atoms with van der Waals surface area (Å²) in [5.41, 5.74) is 2.12. The van der Waals surface area contributed by atoms with Crippen LogP contribution in [-0.4, -0.2) is 23.9 Å². The summed E-state index contributed by atoms with van der Waals surface area (Å²) in [6, 6.07) is 3.83. The first-order valence-electron chi connectivity index (χ1n) is 5.55. The molecule has 6 heteroatoms. The number of rotatable bonds is 5. The van der Waals surface area contributed by atoms with Crippen LogP contribution in [0, 0.1) is 0 Å². The molecule has 17 heavy (non-hydrogen) atoms. The fraction of sp³-hybridized carbons (Fsp3) is 0.545. The standard InChI is InChI=1S/C11H16N2O3S/c12-13-11(14)10-4-3-9(16-10)7-17-6-8-2-1-5-15-8/h1-2,5,9-10H,3-4,6-7,12H2,(H,13,14). The third-order valence-electron chi connectivity index (χ3n) is 2.67. The van der Waals surface area contributed by atoms with Crippen molar-refractivity contribution in [2.24, 2.45) is 5.84 Å². The van der Waals surface area contributed by atoms with Gasteiger partial charge in [0, 0.05) is 5.75 Å². The summed E-state index contributed by atoms with van der Waals surface area (Å²) in [4.78, 5) is 11.2. The monoisotopic (exact) mass is 256 g/mol. The van der Waals surface area contributed by atoms with Gasteiger partial charge in [-0.1, -0.05) is 0 Å². The van der Waals surface area contributed by atoms with Crippen LogP contribution in [0.2, 0.25) is 0 Å². The van der Waals surface area contributed by atoms with E-state index in [-0.39, 0.29) is 18.1 Å². The maximum Gasteiger partial charge on any atom is 0.263 e. The summed E-state index contributed by atoms with van der Waals surface area (Å²) in [7, 11) is 0. The van der Waals surface area contributed by atoms with Crippen LogP contribution < -0.4 is 11.3 Å². The topological polar surface area (TPSA) is 77.5 Å². The van der Waals surface area contributed by atoms with Crippen molar-refractivity contribution in [3.63, 3.8) is 0 Å². The lowest BCUT2D eigenvalue weighted by Gasteiger charge is -2.11. The molecule has 1 aliphatic heterocycles. The Morgan fingerprint density at radius 3 is 3.18 bits per heavy atom. The molecule has 1 aliphatic rings. The number of ether oxygens (including phenoxy) is 1. The van der Waals surface area contributed by atoms with E-state index < -0.39 is 0 Å². The first-order chi connectivity index (χ1) is 8.29. The molecule has 94 valence electrons. The van der Waals surface area contributed by atoms with E-state index >= 15 is 0 Å². The zero-order chi connectivity index (χ0) is 12.1. The number of amides is 1. The predicted molar refractivity (Wildman–Crippen MR) is 65.1 cm³/mol. The van der Waals surface area contributed by atoms with Crippen molar-refractivity contribution in [3.8, 4) is 0 Å². The number of hydrogen-bond acceptors (Lipinski definition) is 5. The molecule has 0 spiro atoms. The fourth-order valence-electron chi connectivity index (χ4n) is 1.80. The smallest absolute Gasteiger partial charge is 0.263 e. The Balaban J connectivity index is 1.66. The highest BCUT2D eigenvalue weighted by Crippen LogP contribution is 2.24. The molecule has 1 aromatic rings. The van der Waals surface area contributed by atoms with Crippen LogP contribution in [0.15, 0.2) is 22.8 Å². The number of furan rings is 1. The van der Waals surface area contributed by atoms with Gasteiger partial charge in [0.15, 0.2) is 0 Å². The van der Waals surface area contributed by atoms with Crippen molar-refractivity contribution < 1.29 is 13.9 Å². The molecular weight excluding hydrogens is 240 g/mol. The van der Waals surface area contributed by atoms with Gasteiger partial charge in [-0.2, -0.15) is 11.8 Å². The number of nitrogens with one attached hydrogen (secondary N) is 1. The Hall–Kier alpha value is -0.980. The molecule has 1 aromatic heterocycles. The molecule has 2 rings (SSSR count). The Labute approximate surface area is 104 Å². The van der Waals surface area contributed by atoms with Crippen molar-refractivity contribution in [1.82, 2.24) is 5.43 Å². The molecule has 2 atom stereocenters. The van der Waals surface area contributed by atoms with Gasteiger partial charge in [0.05, 0.1) is 18.1 Å². The minimum absolute atomic E-state index is 0.136. The number of carbonyl (C=O) groups is 1. The number of hydrazine groups is 1. The van der Waals surface area contributed by atoms with Gasteiger partial charge in [0.1, 0.15) is 11.9 Å². The molecule has 0 aliphatic carbocycles. The van der Waals surface area contributed by atoms with Gasteiger partial charge in [0.2, 0.25) is 0 Å². The van der Waals surface area contributed by atoms with Gasteiger partial charge in [-0.05, 0) is 25.0 Å². The number of hydrogen-bond donors (Lipinski definition) is 2. The van der Waals surface area contributed by atoms with Gasteiger partial charge < -0.3 is 9.15 Å². The molecule has 1 amide bonds. The van der Waals surface area contributed by atoms with E-state index in [2.05, 4.69) is 5.43 Å². The third-order valence-corrected chi connectivity index (χ3v) is 3.77. The molecule has 0 radical (unpaired) electrons. The van der Waals surface area contributed by atoms with Crippen LogP contribution in [0.25, 0.3) is 0 Å². The maximum absolute atomic E-state index is 11.2. The van der Waals surface area contributed by atoms with Crippen LogP contribution in [0.5, 0.6) is 0 Å². The van der Waals surface area contributed by atoms with Gasteiger partial charge >= 0.3 is 0 Å². The molecular formula is C11H16N2O3S. The van der Waals surface area contributed by atoms with Crippen LogP contribution in [-0.2, 0) is 15.3 Å². The van der Waals surface area contributed by atoms with Gasteiger partial charge in [-0.15, -0.1) is 0 Å². The normalized spacial score (nSPS) is 23.8. The Morgan fingerprint density at radius 2 is 2.47 bits per heavy atom. The lowest BCUT2D eigenvalue weighted by molar-refractivity contribution is -0.131. The Morgan fingerprint density at radius 1 is 1.59 bits per heavy atom. The first-order valence-corrected chi connectivity index (χ1v) is 6.71. The summed E-state index contributed by atoms with van der Waals surface area (Å²) in [6.45, 7) is 0. The molecule has 3 N–H and O–H groups in total. The van der Waals surface area contributed by atoms with E-state index in [4.69, 9.17) is 15.0 Å². The number of thioether (sulfide) groups is 1. The predicted octanol–water partition coefficient (Wildman–Crippen LogP) is 1.05. The molecule has 0 saturated carbocycles. The quantitative estimate of drug-likeness (QED) is 0.468. The van der Waals surface area contributed by atoms with E-state index in [1.54, 1.807) is 18.0 Å². The van der Waals surface area contributed by atoms with Gasteiger partial charge in [-0.3, -0.25) is 10.2 Å². The lowest BCUT2D eigenvalue weighted by atomic mass is 10.2. The molecule has 0 bridgehead atoms. The van der Waals surface area contributed by atoms with Crippen LogP contribution >= 0.6 is 11.8 Å². The van der Waals surface area contributed by atoms with E-state index in [0.29, 0.717) is 0 Å². The van der Waals surface area contributed by atoms with E-state index in [0.717, 1.165) is 30.1 Å². The van der Waals surface area contributed by atoms with Gasteiger partial charge in [-0.25, -0.2) is 5.84 Å². The number of carbonyl (C=O) groups excluding carboxylic acids is 1. The largest absolute Gasteiger partial charge is 0.468 e. The SMILES string of the molecule is NNC(=O)C1CCC(CSCc2ccco2)O1. The second kappa shape index (κ2) is 6.09. The average molecular weight is 256 g/mol. The third kappa shape index (κ3) is 3.49. The highest BCUT2D eigenvalue weighted by atomic mass is 32.2. The van der Waals surface area contributed by atoms with Crippen molar-refractivity contribution >= 4 is 17.7 Å². The van der Waals surface area contributed by atoms with E-state index in [1.165, 1.54) is 0 Å². The highest BCUT2D eigenvalue weighted by molar-refractivity contribution is 7.98. The van der Waals surface area contributed by atoms with Crippen molar-refractivity contribution in [2.45, 2.75) is 30.8 Å². The second-order valence-corrected chi connectivity index (χ2v) is 4.96. The average Bonchev–Trinajstić information content (AvgIpc) is 2.99. The molecule has 2 unspecified atom stereocenters. The Bertz CT molecular complexity index is 356. The number of nitrogens with two attached hydrogens (primary N) is 1. The molecule has 1 saturated heterocycles. The summed E-state index contributed by atoms with van der Waals surface area (Å²) < 4.78 is 10.8.